The van der Waals surface area contributed by atoms with Gasteiger partial charge in [0.25, 0.3) is 0 Å². The second kappa shape index (κ2) is 6.15. The summed E-state index contributed by atoms with van der Waals surface area (Å²) in [4.78, 5) is 12.7. The average Bonchev–Trinajstić information content (AvgIpc) is 2.47. The van der Waals surface area contributed by atoms with Gasteiger partial charge >= 0.3 is 0 Å². The molecule has 3 nitrogen and oxygen atoms in total. The fraction of sp³-hybridized carbons (Fsp3) is 0.562. The average molecular weight is 357 g/mol. The Labute approximate surface area is 131 Å². The molecule has 1 spiro atoms. The summed E-state index contributed by atoms with van der Waals surface area (Å²) in [5.41, 5.74) is 0.356. The van der Waals surface area contributed by atoms with E-state index in [-0.39, 0.29) is 23.1 Å². The van der Waals surface area contributed by atoms with Gasteiger partial charge in [0.1, 0.15) is 5.82 Å². The molecule has 2 aliphatic heterocycles. The molecule has 2 aliphatic rings. The molecule has 2 fully saturated rings. The lowest BCUT2D eigenvalue weighted by atomic mass is 9.78. The first-order chi connectivity index (χ1) is 10.1. The molecule has 0 bridgehead atoms. The van der Waals surface area contributed by atoms with Gasteiger partial charge in [0.15, 0.2) is 5.78 Å². The molecule has 114 valence electrons. The molecule has 1 unspecified atom stereocenters. The number of rotatable bonds is 2. The molecule has 1 atom stereocenters. The Morgan fingerprint density at radius 1 is 1.29 bits per heavy atom. The minimum Gasteiger partial charge on any atom is -0.381 e. The molecule has 0 aromatic heterocycles. The van der Waals surface area contributed by atoms with Crippen LogP contribution in [0.2, 0.25) is 0 Å². The van der Waals surface area contributed by atoms with E-state index in [2.05, 4.69) is 15.9 Å². The second-order valence-corrected chi connectivity index (χ2v) is 6.68. The summed E-state index contributed by atoms with van der Waals surface area (Å²) in [5, 5.41) is 0. The van der Waals surface area contributed by atoms with Crippen molar-refractivity contribution >= 4 is 21.7 Å². The third kappa shape index (κ3) is 3.20. The van der Waals surface area contributed by atoms with E-state index < -0.39 is 0 Å². The van der Waals surface area contributed by atoms with Crippen molar-refractivity contribution in [3.05, 3.63) is 34.1 Å². The van der Waals surface area contributed by atoms with Gasteiger partial charge in [-0.3, -0.25) is 4.79 Å². The standard InChI is InChI=1S/C16H18BrFO3/c17-14-9-12(18)1-2-13(14)15(19)11-3-6-21-16(10-11)4-7-20-8-5-16/h1-2,9,11H,3-8,10H2. The molecule has 1 aromatic carbocycles. The summed E-state index contributed by atoms with van der Waals surface area (Å²) in [6, 6.07) is 4.24. The van der Waals surface area contributed by atoms with Crippen molar-refractivity contribution in [1.82, 2.24) is 0 Å². The highest BCUT2D eigenvalue weighted by Gasteiger charge is 2.41. The van der Waals surface area contributed by atoms with E-state index in [1.165, 1.54) is 12.1 Å². The van der Waals surface area contributed by atoms with Crippen LogP contribution in [0.3, 0.4) is 0 Å². The van der Waals surface area contributed by atoms with Gasteiger partial charge in [0.2, 0.25) is 0 Å². The lowest BCUT2D eigenvalue weighted by molar-refractivity contribution is -0.142. The van der Waals surface area contributed by atoms with Crippen molar-refractivity contribution in [2.45, 2.75) is 31.3 Å². The normalized spacial score (nSPS) is 25.0. The van der Waals surface area contributed by atoms with Gasteiger partial charge in [0.05, 0.1) is 5.60 Å². The van der Waals surface area contributed by atoms with E-state index in [4.69, 9.17) is 9.47 Å². The zero-order chi connectivity index (χ0) is 14.9. The molecule has 21 heavy (non-hydrogen) atoms. The van der Waals surface area contributed by atoms with Crippen LogP contribution in [0.15, 0.2) is 22.7 Å². The number of benzene rings is 1. The first-order valence-electron chi connectivity index (χ1n) is 7.31. The monoisotopic (exact) mass is 356 g/mol. The van der Waals surface area contributed by atoms with Crippen molar-refractivity contribution in [1.29, 1.82) is 0 Å². The molecular weight excluding hydrogens is 339 g/mol. The van der Waals surface area contributed by atoms with Crippen molar-refractivity contribution in [2.75, 3.05) is 19.8 Å². The first-order valence-corrected chi connectivity index (χ1v) is 8.10. The highest BCUT2D eigenvalue weighted by atomic mass is 79.9. The van der Waals surface area contributed by atoms with Gasteiger partial charge in [-0.15, -0.1) is 0 Å². The fourth-order valence-corrected chi connectivity index (χ4v) is 3.80. The van der Waals surface area contributed by atoms with Crippen molar-refractivity contribution in [3.63, 3.8) is 0 Å². The number of hydrogen-bond donors (Lipinski definition) is 0. The minimum atomic E-state index is -0.341. The molecule has 0 saturated carbocycles. The number of ether oxygens (including phenoxy) is 2. The van der Waals surface area contributed by atoms with E-state index in [0.717, 1.165) is 25.7 Å². The smallest absolute Gasteiger partial charge is 0.167 e. The summed E-state index contributed by atoms with van der Waals surface area (Å²) in [7, 11) is 0. The Morgan fingerprint density at radius 3 is 2.76 bits per heavy atom. The predicted molar refractivity (Wildman–Crippen MR) is 79.9 cm³/mol. The maximum Gasteiger partial charge on any atom is 0.167 e. The fourth-order valence-electron chi connectivity index (χ4n) is 3.25. The summed E-state index contributed by atoms with van der Waals surface area (Å²) >= 11 is 3.29. The Kier molecular flexibility index (Phi) is 4.43. The molecule has 3 rings (SSSR count). The molecule has 1 aromatic rings. The Morgan fingerprint density at radius 2 is 2.05 bits per heavy atom. The van der Waals surface area contributed by atoms with E-state index in [1.54, 1.807) is 6.07 Å². The highest BCUT2D eigenvalue weighted by molar-refractivity contribution is 9.10. The number of ketones is 1. The Hall–Kier alpha value is -0.780. The van der Waals surface area contributed by atoms with E-state index in [1.807, 2.05) is 0 Å². The van der Waals surface area contributed by atoms with Crippen LogP contribution >= 0.6 is 15.9 Å². The van der Waals surface area contributed by atoms with Crippen LogP contribution in [0.1, 0.15) is 36.0 Å². The van der Waals surface area contributed by atoms with Crippen LogP contribution in [0, 0.1) is 11.7 Å². The number of carbonyl (C=O) groups is 1. The third-order valence-electron chi connectivity index (χ3n) is 4.46. The quantitative estimate of drug-likeness (QED) is 0.757. The molecule has 0 amide bonds. The van der Waals surface area contributed by atoms with Gasteiger partial charge in [-0.05, 0) is 59.8 Å². The predicted octanol–water partition coefficient (Wildman–Crippen LogP) is 3.75. The lowest BCUT2D eigenvalue weighted by Gasteiger charge is -2.43. The molecular formula is C16H18BrFO3. The van der Waals surface area contributed by atoms with Gasteiger partial charge in [0, 0.05) is 35.8 Å². The van der Waals surface area contributed by atoms with Crippen molar-refractivity contribution in [3.8, 4) is 0 Å². The van der Waals surface area contributed by atoms with Crippen molar-refractivity contribution < 1.29 is 18.7 Å². The van der Waals surface area contributed by atoms with Gasteiger partial charge in [-0.2, -0.15) is 0 Å². The topological polar surface area (TPSA) is 35.5 Å². The molecule has 0 aliphatic carbocycles. The number of halogens is 2. The number of hydrogen-bond acceptors (Lipinski definition) is 3. The maximum atomic E-state index is 13.2. The van der Waals surface area contributed by atoms with Gasteiger partial charge in [-0.1, -0.05) is 0 Å². The number of carbonyl (C=O) groups excluding carboxylic acids is 1. The second-order valence-electron chi connectivity index (χ2n) is 5.82. The zero-order valence-electron chi connectivity index (χ0n) is 11.7. The largest absolute Gasteiger partial charge is 0.381 e. The zero-order valence-corrected chi connectivity index (χ0v) is 13.3. The molecule has 0 N–H and O–H groups in total. The summed E-state index contributed by atoms with van der Waals surface area (Å²) in [5.74, 6) is -0.319. The highest BCUT2D eigenvalue weighted by Crippen LogP contribution is 2.38. The van der Waals surface area contributed by atoms with Gasteiger partial charge in [-0.25, -0.2) is 4.39 Å². The summed E-state index contributed by atoms with van der Waals surface area (Å²) in [6.45, 7) is 2.00. The molecule has 2 heterocycles. The van der Waals surface area contributed by atoms with Crippen LogP contribution in [-0.4, -0.2) is 31.2 Å². The lowest BCUT2D eigenvalue weighted by Crippen LogP contribution is -2.45. The maximum absolute atomic E-state index is 13.2. The number of Topliss-reactive ketones (excluding diaryl/α,β-unsaturated/α-hetero) is 1. The van der Waals surface area contributed by atoms with E-state index >= 15 is 0 Å². The molecule has 2 saturated heterocycles. The van der Waals surface area contributed by atoms with Crippen LogP contribution in [0.25, 0.3) is 0 Å². The Bertz CT molecular complexity index is 535. The van der Waals surface area contributed by atoms with E-state index in [0.29, 0.717) is 29.9 Å². The van der Waals surface area contributed by atoms with Crippen LogP contribution in [0.5, 0.6) is 0 Å². The van der Waals surface area contributed by atoms with Crippen LogP contribution in [-0.2, 0) is 9.47 Å². The molecule has 0 radical (unpaired) electrons. The minimum absolute atomic E-state index is 0.0568. The third-order valence-corrected chi connectivity index (χ3v) is 5.12. The van der Waals surface area contributed by atoms with E-state index in [9.17, 15) is 9.18 Å². The Balaban J connectivity index is 1.77. The summed E-state index contributed by atoms with van der Waals surface area (Å²) in [6.07, 6.45) is 3.16. The van der Waals surface area contributed by atoms with Crippen molar-refractivity contribution in [2.24, 2.45) is 5.92 Å². The van der Waals surface area contributed by atoms with Crippen LogP contribution < -0.4 is 0 Å². The molecule has 5 heteroatoms. The summed E-state index contributed by atoms with van der Waals surface area (Å²) < 4.78 is 25.1. The SMILES string of the molecule is O=C(c1ccc(F)cc1Br)C1CCOC2(CCOCC2)C1. The first kappa shape index (κ1) is 15.1. The van der Waals surface area contributed by atoms with Crippen LogP contribution in [0.4, 0.5) is 4.39 Å². The van der Waals surface area contributed by atoms with Gasteiger partial charge < -0.3 is 9.47 Å².